The number of hydrogen-bond donors (Lipinski definition) is 3. The van der Waals surface area contributed by atoms with E-state index in [0.29, 0.717) is 11.7 Å². The minimum Gasteiger partial charge on any atom is -0.369 e. The van der Waals surface area contributed by atoms with Crippen molar-refractivity contribution in [1.29, 1.82) is 0 Å². The molecule has 0 bridgehead atoms. The molecule has 7 heteroatoms. The number of nitrogens with one attached hydrogen (secondary N) is 2. The van der Waals surface area contributed by atoms with Crippen LogP contribution in [-0.2, 0) is 0 Å². The van der Waals surface area contributed by atoms with E-state index in [2.05, 4.69) is 48.6 Å². The van der Waals surface area contributed by atoms with Crippen molar-refractivity contribution in [3.05, 3.63) is 10.8 Å². The van der Waals surface area contributed by atoms with E-state index in [1.165, 1.54) is 25.7 Å². The van der Waals surface area contributed by atoms with Gasteiger partial charge in [-0.1, -0.05) is 0 Å². The second kappa shape index (κ2) is 6.31. The van der Waals surface area contributed by atoms with Crippen molar-refractivity contribution < 1.29 is 0 Å². The highest BCUT2D eigenvalue weighted by Crippen LogP contribution is 2.26. The minimum atomic E-state index is 0.591. The fraction of sp³-hybridized carbons (Fsp3) is 0.636. The van der Waals surface area contributed by atoms with Gasteiger partial charge in [0, 0.05) is 13.1 Å². The minimum absolute atomic E-state index is 0.591. The van der Waals surface area contributed by atoms with E-state index >= 15 is 0 Å². The van der Waals surface area contributed by atoms with Crippen molar-refractivity contribution in [2.45, 2.75) is 12.8 Å². The summed E-state index contributed by atoms with van der Waals surface area (Å²) < 4.78 is 0.775. The second-order valence-electron chi connectivity index (χ2n) is 4.68. The van der Waals surface area contributed by atoms with Crippen LogP contribution in [0.5, 0.6) is 0 Å². The van der Waals surface area contributed by atoms with Crippen molar-refractivity contribution in [3.63, 3.8) is 0 Å². The largest absolute Gasteiger partial charge is 0.369 e. The molecule has 2 heterocycles. The number of rotatable bonds is 4. The van der Waals surface area contributed by atoms with Crippen LogP contribution < -0.4 is 16.6 Å². The second-order valence-corrected chi connectivity index (χ2v) is 5.47. The van der Waals surface area contributed by atoms with Crippen LogP contribution in [0.15, 0.2) is 10.8 Å². The number of piperidine rings is 1. The molecule has 1 fully saturated rings. The Morgan fingerprint density at radius 2 is 2.28 bits per heavy atom. The van der Waals surface area contributed by atoms with Crippen molar-refractivity contribution in [1.82, 2.24) is 14.9 Å². The van der Waals surface area contributed by atoms with Crippen molar-refractivity contribution in [2.75, 3.05) is 37.4 Å². The van der Waals surface area contributed by atoms with Gasteiger partial charge in [0.25, 0.3) is 0 Å². The molecule has 0 saturated carbocycles. The number of anilines is 2. The lowest BCUT2D eigenvalue weighted by Crippen LogP contribution is -2.35. The molecule has 2 rings (SSSR count). The maximum Gasteiger partial charge on any atom is 0.159 e. The fourth-order valence-corrected chi connectivity index (χ4v) is 2.73. The average molecular weight is 315 g/mol. The van der Waals surface area contributed by atoms with E-state index in [1.807, 2.05) is 0 Å². The Morgan fingerprint density at radius 1 is 1.50 bits per heavy atom. The van der Waals surface area contributed by atoms with E-state index in [1.54, 1.807) is 0 Å². The van der Waals surface area contributed by atoms with Gasteiger partial charge in [0.2, 0.25) is 0 Å². The molecular formula is C11H19BrN6. The van der Waals surface area contributed by atoms with Gasteiger partial charge in [0.15, 0.2) is 5.82 Å². The molecule has 1 aliphatic heterocycles. The number of hydrazine groups is 1. The molecule has 100 valence electrons. The van der Waals surface area contributed by atoms with Gasteiger partial charge in [-0.2, -0.15) is 0 Å². The zero-order chi connectivity index (χ0) is 13.0. The molecule has 0 radical (unpaired) electrons. The van der Waals surface area contributed by atoms with Gasteiger partial charge in [-0.3, -0.25) is 0 Å². The molecule has 0 spiro atoms. The van der Waals surface area contributed by atoms with Gasteiger partial charge in [-0.15, -0.1) is 0 Å². The molecular weight excluding hydrogens is 296 g/mol. The lowest BCUT2D eigenvalue weighted by Gasteiger charge is -2.29. The maximum atomic E-state index is 5.37. The highest BCUT2D eigenvalue weighted by Gasteiger charge is 2.17. The summed E-state index contributed by atoms with van der Waals surface area (Å²) >= 11 is 3.44. The van der Waals surface area contributed by atoms with Crippen LogP contribution in [0.3, 0.4) is 0 Å². The van der Waals surface area contributed by atoms with Crippen LogP contribution in [0.2, 0.25) is 0 Å². The normalized spacial score (nSPS) is 20.7. The Morgan fingerprint density at radius 3 is 3.00 bits per heavy atom. The van der Waals surface area contributed by atoms with Crippen LogP contribution in [0, 0.1) is 5.92 Å². The van der Waals surface area contributed by atoms with Crippen molar-refractivity contribution >= 4 is 27.6 Å². The molecule has 1 aromatic heterocycles. The number of hydrogen-bond acceptors (Lipinski definition) is 6. The smallest absolute Gasteiger partial charge is 0.159 e. The molecule has 0 amide bonds. The summed E-state index contributed by atoms with van der Waals surface area (Å²) in [5, 5.41) is 3.36. The average Bonchev–Trinajstić information content (AvgIpc) is 2.38. The molecule has 1 aromatic rings. The lowest BCUT2D eigenvalue weighted by molar-refractivity contribution is 0.217. The van der Waals surface area contributed by atoms with Crippen molar-refractivity contribution in [3.8, 4) is 0 Å². The monoisotopic (exact) mass is 314 g/mol. The van der Waals surface area contributed by atoms with Gasteiger partial charge in [-0.25, -0.2) is 15.8 Å². The Balaban J connectivity index is 1.93. The van der Waals surface area contributed by atoms with Gasteiger partial charge in [0.05, 0.1) is 0 Å². The topological polar surface area (TPSA) is 79.1 Å². The Labute approximate surface area is 115 Å². The molecule has 0 aromatic carbocycles. The number of nitrogen functional groups attached to an aromatic ring is 1. The third-order valence-electron chi connectivity index (χ3n) is 3.21. The van der Waals surface area contributed by atoms with E-state index < -0.39 is 0 Å². The molecule has 4 N–H and O–H groups in total. The van der Waals surface area contributed by atoms with Crippen LogP contribution in [0.1, 0.15) is 12.8 Å². The van der Waals surface area contributed by atoms with Gasteiger partial charge in [0.1, 0.15) is 16.6 Å². The fourth-order valence-electron chi connectivity index (χ4n) is 2.27. The van der Waals surface area contributed by atoms with E-state index in [9.17, 15) is 0 Å². The summed E-state index contributed by atoms with van der Waals surface area (Å²) in [6.07, 6.45) is 4.03. The summed E-state index contributed by atoms with van der Waals surface area (Å²) in [6.45, 7) is 3.26. The first kappa shape index (κ1) is 13.5. The Kier molecular flexibility index (Phi) is 4.73. The number of aromatic nitrogens is 2. The Hall–Kier alpha value is -0.920. The summed E-state index contributed by atoms with van der Waals surface area (Å²) in [5.41, 5.74) is 2.53. The van der Waals surface area contributed by atoms with E-state index in [0.717, 1.165) is 23.4 Å². The summed E-state index contributed by atoms with van der Waals surface area (Å²) in [5.74, 6) is 7.41. The molecule has 1 saturated heterocycles. The first-order chi connectivity index (χ1) is 8.70. The first-order valence-corrected chi connectivity index (χ1v) is 6.89. The predicted octanol–water partition coefficient (Wildman–Crippen LogP) is 1.28. The SMILES string of the molecule is CN1CCCC(CNc2ncnc(NN)c2Br)C1. The number of halogens is 1. The standard InChI is InChI=1S/C11H19BrN6/c1-18-4-2-3-8(6-18)5-14-10-9(12)11(17-13)16-7-15-10/h7-8H,2-6,13H2,1H3,(H2,14,15,16,17). The number of nitrogens with two attached hydrogens (primary N) is 1. The zero-order valence-electron chi connectivity index (χ0n) is 10.5. The highest BCUT2D eigenvalue weighted by molar-refractivity contribution is 9.10. The molecule has 18 heavy (non-hydrogen) atoms. The quantitative estimate of drug-likeness (QED) is 0.574. The summed E-state index contributed by atoms with van der Waals surface area (Å²) in [4.78, 5) is 10.6. The highest BCUT2D eigenvalue weighted by atomic mass is 79.9. The molecule has 1 unspecified atom stereocenters. The van der Waals surface area contributed by atoms with Crippen LogP contribution in [0.25, 0.3) is 0 Å². The molecule has 1 atom stereocenters. The zero-order valence-corrected chi connectivity index (χ0v) is 12.1. The summed E-state index contributed by atoms with van der Waals surface area (Å²) in [6, 6.07) is 0. The molecule has 0 aliphatic carbocycles. The summed E-state index contributed by atoms with van der Waals surface area (Å²) in [7, 11) is 2.17. The molecule has 6 nitrogen and oxygen atoms in total. The number of likely N-dealkylation sites (tertiary alicyclic amines) is 1. The predicted molar refractivity (Wildman–Crippen MR) is 76.3 cm³/mol. The van der Waals surface area contributed by atoms with E-state index in [-0.39, 0.29) is 0 Å². The van der Waals surface area contributed by atoms with Gasteiger partial charge in [-0.05, 0) is 48.3 Å². The maximum absolute atomic E-state index is 5.37. The van der Waals surface area contributed by atoms with Crippen molar-refractivity contribution in [2.24, 2.45) is 11.8 Å². The Bertz CT molecular complexity index is 399. The third-order valence-corrected chi connectivity index (χ3v) is 3.96. The lowest BCUT2D eigenvalue weighted by atomic mass is 9.98. The van der Waals surface area contributed by atoms with Crippen LogP contribution >= 0.6 is 15.9 Å². The third kappa shape index (κ3) is 3.30. The first-order valence-electron chi connectivity index (χ1n) is 6.10. The van der Waals surface area contributed by atoms with Gasteiger partial charge < -0.3 is 15.6 Å². The number of nitrogens with zero attached hydrogens (tertiary/aromatic N) is 3. The van der Waals surface area contributed by atoms with E-state index in [4.69, 9.17) is 5.84 Å². The van der Waals surface area contributed by atoms with Crippen LogP contribution in [0.4, 0.5) is 11.6 Å². The molecule has 1 aliphatic rings. The van der Waals surface area contributed by atoms with Gasteiger partial charge >= 0.3 is 0 Å². The van der Waals surface area contributed by atoms with Crippen LogP contribution in [-0.4, -0.2) is 41.5 Å².